The minimum atomic E-state index is -0.633. The van der Waals surface area contributed by atoms with Crippen LogP contribution in [-0.4, -0.2) is 101 Å². The Morgan fingerprint density at radius 1 is 0.839 bits per heavy atom. The van der Waals surface area contributed by atoms with E-state index in [9.17, 15) is 24.0 Å². The molecule has 5 heterocycles. The molecule has 1 unspecified atom stereocenters. The fourth-order valence-corrected chi connectivity index (χ4v) is 8.79. The van der Waals surface area contributed by atoms with Crippen LogP contribution in [0.3, 0.4) is 0 Å². The second kappa shape index (κ2) is 19.9. The van der Waals surface area contributed by atoms with E-state index < -0.39 is 11.9 Å². The van der Waals surface area contributed by atoms with Crippen LogP contribution in [0, 0.1) is 17.8 Å². The highest BCUT2D eigenvalue weighted by atomic mass is 16.2. The number of aromatic nitrogens is 1. The van der Waals surface area contributed by atoms with Crippen LogP contribution in [0.1, 0.15) is 93.5 Å². The van der Waals surface area contributed by atoms with Crippen LogP contribution in [0.4, 0.5) is 5.69 Å². The number of nitrogens with zero attached hydrogens (tertiary/aromatic N) is 5. The molecule has 4 aliphatic heterocycles. The number of hydrogen-bond acceptors (Lipinski definition) is 8. The zero-order valence-corrected chi connectivity index (χ0v) is 35.1. The van der Waals surface area contributed by atoms with Crippen molar-refractivity contribution >= 4 is 41.3 Å². The second-order valence-electron chi connectivity index (χ2n) is 16.7. The van der Waals surface area contributed by atoms with Crippen molar-refractivity contribution in [3.63, 3.8) is 0 Å². The highest BCUT2D eigenvalue weighted by Crippen LogP contribution is 2.29. The Hall–Kier alpha value is -6.58. The van der Waals surface area contributed by atoms with Gasteiger partial charge in [0, 0.05) is 112 Å². The molecule has 0 aliphatic carbocycles. The van der Waals surface area contributed by atoms with Gasteiger partial charge in [0.15, 0.2) is 0 Å². The van der Waals surface area contributed by atoms with E-state index >= 15 is 0 Å². The molecule has 1 aromatic heterocycles. The van der Waals surface area contributed by atoms with Crippen molar-refractivity contribution in [1.29, 1.82) is 0 Å². The zero-order valence-electron chi connectivity index (χ0n) is 35.1. The fourth-order valence-electron chi connectivity index (χ4n) is 8.79. The number of carbonyl (C=O) groups is 5. The van der Waals surface area contributed by atoms with Crippen LogP contribution < -0.4 is 15.5 Å². The number of pyridine rings is 1. The predicted octanol–water partition coefficient (Wildman–Crippen LogP) is 5.42. The van der Waals surface area contributed by atoms with Gasteiger partial charge in [-0.2, -0.15) is 0 Å². The SMILES string of the molecule is O=C(/C=C/c1cccnc1)NCCCCC1CCN(C(=O)c2ccc(N3CCN(Cc4ccc(C#Cc5ccc6c(c5)C(=O)N(C5CCC(=O)NC5=O)C6)cc4)CC3)cc2)CC1. The number of anilines is 1. The van der Waals surface area contributed by atoms with E-state index in [0.717, 1.165) is 111 Å². The lowest BCUT2D eigenvalue weighted by atomic mass is 9.91. The number of benzene rings is 3. The normalized spacial score (nSPS) is 18.4. The third-order valence-electron chi connectivity index (χ3n) is 12.4. The molecule has 2 N–H and O–H groups in total. The minimum absolute atomic E-state index is 0.0871. The van der Waals surface area contributed by atoms with E-state index in [1.165, 1.54) is 5.56 Å². The molecular weight excluding hydrogens is 779 g/mol. The van der Waals surface area contributed by atoms with Gasteiger partial charge in [0.1, 0.15) is 6.04 Å². The quantitative estimate of drug-likeness (QED) is 0.0838. The molecule has 12 heteroatoms. The average Bonchev–Trinajstić information content (AvgIpc) is 3.63. The number of likely N-dealkylation sites (tertiary alicyclic amines) is 1. The molecule has 0 spiro atoms. The number of rotatable bonds is 12. The number of fused-ring (bicyclic) bond motifs is 1. The summed E-state index contributed by atoms with van der Waals surface area (Å²) in [4.78, 5) is 75.1. The molecule has 4 aliphatic rings. The smallest absolute Gasteiger partial charge is 0.255 e. The van der Waals surface area contributed by atoms with E-state index in [1.54, 1.807) is 35.5 Å². The Morgan fingerprint density at radius 3 is 2.34 bits per heavy atom. The van der Waals surface area contributed by atoms with E-state index in [1.807, 2.05) is 53.4 Å². The predicted molar refractivity (Wildman–Crippen MR) is 238 cm³/mol. The van der Waals surface area contributed by atoms with Gasteiger partial charge in [0.05, 0.1) is 0 Å². The Morgan fingerprint density at radius 2 is 1.60 bits per heavy atom. The Bertz CT molecular complexity index is 2350. The van der Waals surface area contributed by atoms with E-state index in [-0.39, 0.29) is 30.0 Å². The standard InChI is InChI=1S/C50H53N7O5/c58-46(20-13-39-5-3-24-51-33-39)52-25-2-1-4-36-22-26-56(27-23-36)49(61)41-15-17-43(18-16-41)55-30-28-54(29-31-55)34-40-10-7-37(8-11-40)6-9-38-12-14-42-35-57(50(62)44(42)32-38)45-19-21-47(59)53-48(45)60/h3,5,7-8,10-18,20,24,32-33,36,45H,1-2,4,19,21-23,25-31,34-35H2,(H,52,58)(H,53,59,60)/b20-13+. The second-order valence-corrected chi connectivity index (χ2v) is 16.7. The topological polar surface area (TPSA) is 135 Å². The summed E-state index contributed by atoms with van der Waals surface area (Å²) in [6.07, 6.45) is 12.5. The summed E-state index contributed by atoms with van der Waals surface area (Å²) in [6, 6.07) is 25.1. The summed E-state index contributed by atoms with van der Waals surface area (Å²) in [6.45, 7) is 7.14. The molecule has 12 nitrogen and oxygen atoms in total. The van der Waals surface area contributed by atoms with E-state index in [2.05, 4.69) is 61.5 Å². The molecule has 318 valence electrons. The zero-order chi connectivity index (χ0) is 42.8. The van der Waals surface area contributed by atoms with Crippen molar-refractivity contribution in [3.8, 4) is 11.8 Å². The average molecular weight is 832 g/mol. The first-order chi connectivity index (χ1) is 30.3. The Labute approximate surface area is 363 Å². The number of amides is 5. The van der Waals surface area contributed by atoms with Crippen LogP contribution in [0.15, 0.2) is 97.3 Å². The van der Waals surface area contributed by atoms with Crippen molar-refractivity contribution in [3.05, 3.63) is 136 Å². The summed E-state index contributed by atoms with van der Waals surface area (Å²) >= 11 is 0. The van der Waals surface area contributed by atoms with Gasteiger partial charge in [-0.1, -0.05) is 48.9 Å². The molecule has 3 aromatic carbocycles. The minimum Gasteiger partial charge on any atom is -0.369 e. The first kappa shape index (κ1) is 42.1. The number of piperidine rings is 2. The van der Waals surface area contributed by atoms with Crippen molar-refractivity contribution in [2.75, 3.05) is 50.7 Å². The largest absolute Gasteiger partial charge is 0.369 e. The summed E-state index contributed by atoms with van der Waals surface area (Å²) in [5, 5.41) is 5.31. The number of piperazine rings is 1. The molecule has 0 saturated carbocycles. The number of unbranched alkanes of at least 4 members (excludes halogenated alkanes) is 1. The lowest BCUT2D eigenvalue weighted by Gasteiger charge is -2.36. The van der Waals surface area contributed by atoms with Crippen LogP contribution >= 0.6 is 0 Å². The summed E-state index contributed by atoms with van der Waals surface area (Å²) in [5.41, 5.74) is 7.05. The third kappa shape index (κ3) is 10.6. The van der Waals surface area contributed by atoms with Gasteiger partial charge in [0.2, 0.25) is 17.7 Å². The van der Waals surface area contributed by atoms with Gasteiger partial charge >= 0.3 is 0 Å². The van der Waals surface area contributed by atoms with Crippen molar-refractivity contribution in [2.24, 2.45) is 5.92 Å². The number of nitrogens with one attached hydrogen (secondary N) is 2. The summed E-state index contributed by atoms with van der Waals surface area (Å²) < 4.78 is 0. The van der Waals surface area contributed by atoms with Crippen molar-refractivity contribution < 1.29 is 24.0 Å². The fraction of sp³-hybridized carbons (Fsp3) is 0.360. The first-order valence-electron chi connectivity index (χ1n) is 21.9. The van der Waals surface area contributed by atoms with Crippen LogP contribution in [0.2, 0.25) is 0 Å². The van der Waals surface area contributed by atoms with Gasteiger partial charge in [-0.25, -0.2) is 0 Å². The van der Waals surface area contributed by atoms with Crippen LogP contribution in [0.25, 0.3) is 6.08 Å². The first-order valence-corrected chi connectivity index (χ1v) is 21.9. The van der Waals surface area contributed by atoms with Crippen molar-refractivity contribution in [1.82, 2.24) is 30.3 Å². The highest BCUT2D eigenvalue weighted by molar-refractivity contribution is 6.05. The maximum atomic E-state index is 13.4. The van der Waals surface area contributed by atoms with Crippen LogP contribution in [0.5, 0.6) is 0 Å². The third-order valence-corrected chi connectivity index (χ3v) is 12.4. The molecule has 0 radical (unpaired) electrons. The molecule has 3 fully saturated rings. The van der Waals surface area contributed by atoms with E-state index in [4.69, 9.17) is 0 Å². The molecule has 1 atom stereocenters. The lowest BCUT2D eigenvalue weighted by Crippen LogP contribution is -2.52. The molecule has 8 rings (SSSR count). The number of carbonyl (C=O) groups excluding carboxylic acids is 5. The van der Waals surface area contributed by atoms with Gasteiger partial charge < -0.3 is 20.0 Å². The molecule has 62 heavy (non-hydrogen) atoms. The highest BCUT2D eigenvalue weighted by Gasteiger charge is 2.39. The van der Waals surface area contributed by atoms with Gasteiger partial charge in [-0.15, -0.1) is 0 Å². The van der Waals surface area contributed by atoms with Gasteiger partial charge in [-0.05, 0) is 109 Å². The Kier molecular flexibility index (Phi) is 13.5. The molecule has 3 saturated heterocycles. The maximum absolute atomic E-state index is 13.4. The maximum Gasteiger partial charge on any atom is 0.255 e. The monoisotopic (exact) mass is 831 g/mol. The van der Waals surface area contributed by atoms with Gasteiger partial charge in [0.25, 0.3) is 11.8 Å². The molecule has 5 amide bonds. The van der Waals surface area contributed by atoms with Crippen LogP contribution in [-0.2, 0) is 27.5 Å². The summed E-state index contributed by atoms with van der Waals surface area (Å²) in [7, 11) is 0. The lowest BCUT2D eigenvalue weighted by molar-refractivity contribution is -0.137. The molecular formula is C50H53N7O5. The molecule has 4 aromatic rings. The van der Waals surface area contributed by atoms with Gasteiger partial charge in [-0.3, -0.25) is 39.2 Å². The molecule has 0 bridgehead atoms. The summed E-state index contributed by atoms with van der Waals surface area (Å²) in [5.74, 6) is 6.14. The Balaban J connectivity index is 0.725. The van der Waals surface area contributed by atoms with E-state index in [0.29, 0.717) is 31.0 Å². The number of hydrogen-bond donors (Lipinski definition) is 2. The number of imide groups is 1. The van der Waals surface area contributed by atoms with Crippen molar-refractivity contribution in [2.45, 2.75) is 64.1 Å².